The molecule has 0 aliphatic rings. The smallest absolute Gasteiger partial charge is 0.202 e. The molecule has 0 aliphatic carbocycles. The van der Waals surface area contributed by atoms with Crippen molar-refractivity contribution in [2.24, 2.45) is 0 Å². The van der Waals surface area contributed by atoms with Crippen LogP contribution in [0.4, 0.5) is 5.13 Å². The van der Waals surface area contributed by atoms with Crippen molar-refractivity contribution >= 4 is 28.0 Å². The second kappa shape index (κ2) is 6.04. The molecule has 2 aromatic rings. The normalized spacial score (nSPS) is 10.7. The fraction of sp³-hybridized carbons (Fsp3) is 0.500. The molecule has 92 valence electrons. The van der Waals surface area contributed by atoms with Crippen molar-refractivity contribution in [3.8, 4) is 0 Å². The number of nitrogens with zero attached hydrogens (tertiary/aromatic N) is 3. The van der Waals surface area contributed by atoms with E-state index in [-0.39, 0.29) is 0 Å². The summed E-state index contributed by atoms with van der Waals surface area (Å²) >= 11 is 3.07. The van der Waals surface area contributed by atoms with Gasteiger partial charge >= 0.3 is 0 Å². The maximum absolute atomic E-state index is 4.98. The van der Waals surface area contributed by atoms with Crippen LogP contribution in [-0.2, 0) is 17.7 Å². The molecular formula is C10H14N4OS2. The highest BCUT2D eigenvalue weighted by Crippen LogP contribution is 2.15. The average molecular weight is 270 g/mol. The molecule has 5 nitrogen and oxygen atoms in total. The molecule has 2 aromatic heterocycles. The molecule has 7 heteroatoms. The monoisotopic (exact) mass is 270 g/mol. The number of aryl methyl sites for hydroxylation is 1. The van der Waals surface area contributed by atoms with Gasteiger partial charge in [0, 0.05) is 36.1 Å². The lowest BCUT2D eigenvalue weighted by Gasteiger charge is -1.97. The maximum Gasteiger partial charge on any atom is 0.202 e. The zero-order valence-electron chi connectivity index (χ0n) is 9.77. The van der Waals surface area contributed by atoms with E-state index in [4.69, 9.17) is 4.74 Å². The fourth-order valence-corrected chi connectivity index (χ4v) is 2.59. The van der Waals surface area contributed by atoms with E-state index in [9.17, 15) is 0 Å². The summed E-state index contributed by atoms with van der Waals surface area (Å²) in [6, 6.07) is 0. The first-order chi connectivity index (χ1) is 8.28. The number of hydrogen-bond donors (Lipinski definition) is 1. The molecular weight excluding hydrogens is 256 g/mol. The summed E-state index contributed by atoms with van der Waals surface area (Å²) in [6.07, 6.45) is 2.64. The topological polar surface area (TPSA) is 59.9 Å². The standard InChI is InChI=1S/C10H14N4OS2/c1-7-5-11-9(16-7)6-12-10-13-8(14-17-10)3-4-15-2/h5H,3-4,6H2,1-2H3,(H,12,13,14). The van der Waals surface area contributed by atoms with Crippen molar-refractivity contribution in [3.05, 3.63) is 21.9 Å². The van der Waals surface area contributed by atoms with Gasteiger partial charge in [-0.05, 0) is 6.92 Å². The van der Waals surface area contributed by atoms with Crippen LogP contribution in [0.1, 0.15) is 15.7 Å². The van der Waals surface area contributed by atoms with E-state index in [2.05, 4.69) is 26.6 Å². The van der Waals surface area contributed by atoms with E-state index in [0.717, 1.165) is 22.4 Å². The van der Waals surface area contributed by atoms with Crippen LogP contribution in [0.15, 0.2) is 6.20 Å². The zero-order valence-corrected chi connectivity index (χ0v) is 11.4. The Hall–Kier alpha value is -1.05. The van der Waals surface area contributed by atoms with Crippen LogP contribution in [-0.4, -0.2) is 28.1 Å². The van der Waals surface area contributed by atoms with Gasteiger partial charge in [-0.3, -0.25) is 0 Å². The minimum Gasteiger partial charge on any atom is -0.384 e. The molecule has 1 N–H and O–H groups in total. The first-order valence-electron chi connectivity index (χ1n) is 5.24. The van der Waals surface area contributed by atoms with E-state index >= 15 is 0 Å². The first kappa shape index (κ1) is 12.4. The molecule has 0 amide bonds. The lowest BCUT2D eigenvalue weighted by Crippen LogP contribution is -1.99. The number of nitrogens with one attached hydrogen (secondary N) is 1. The van der Waals surface area contributed by atoms with E-state index in [1.54, 1.807) is 18.4 Å². The number of aromatic nitrogens is 3. The number of rotatable bonds is 6. The van der Waals surface area contributed by atoms with Crippen molar-refractivity contribution in [2.75, 3.05) is 19.0 Å². The van der Waals surface area contributed by atoms with E-state index in [1.165, 1.54) is 16.4 Å². The van der Waals surface area contributed by atoms with Crippen LogP contribution in [0.2, 0.25) is 0 Å². The molecule has 0 saturated carbocycles. The van der Waals surface area contributed by atoms with Crippen LogP contribution >= 0.6 is 22.9 Å². The highest BCUT2D eigenvalue weighted by atomic mass is 32.1. The van der Waals surface area contributed by atoms with E-state index < -0.39 is 0 Å². The average Bonchev–Trinajstić information content (AvgIpc) is 2.93. The maximum atomic E-state index is 4.98. The number of hydrogen-bond acceptors (Lipinski definition) is 7. The van der Waals surface area contributed by atoms with Gasteiger partial charge in [0.2, 0.25) is 5.13 Å². The van der Waals surface area contributed by atoms with Crippen molar-refractivity contribution in [2.45, 2.75) is 19.9 Å². The molecule has 0 radical (unpaired) electrons. The van der Waals surface area contributed by atoms with Gasteiger partial charge in [-0.15, -0.1) is 11.3 Å². The third kappa shape index (κ3) is 3.72. The Kier molecular flexibility index (Phi) is 4.41. The SMILES string of the molecule is COCCc1nsc(NCc2ncc(C)s2)n1. The molecule has 0 fully saturated rings. The fourth-order valence-electron chi connectivity index (χ4n) is 1.26. The summed E-state index contributed by atoms with van der Waals surface area (Å²) in [7, 11) is 1.68. The minimum absolute atomic E-state index is 0.655. The summed E-state index contributed by atoms with van der Waals surface area (Å²) in [5.41, 5.74) is 0. The summed E-state index contributed by atoms with van der Waals surface area (Å²) < 4.78 is 9.23. The van der Waals surface area contributed by atoms with Crippen LogP contribution in [0.25, 0.3) is 0 Å². The summed E-state index contributed by atoms with van der Waals surface area (Å²) in [6.45, 7) is 3.41. The molecule has 2 heterocycles. The van der Waals surface area contributed by atoms with Gasteiger partial charge in [0.1, 0.15) is 10.8 Å². The molecule has 0 atom stereocenters. The Morgan fingerprint density at radius 3 is 3.06 bits per heavy atom. The molecule has 0 saturated heterocycles. The molecule has 0 spiro atoms. The predicted octanol–water partition coefficient (Wildman–Crippen LogP) is 2.10. The number of ether oxygens (including phenoxy) is 1. The number of methoxy groups -OCH3 is 1. The van der Waals surface area contributed by atoms with Crippen LogP contribution in [0, 0.1) is 6.92 Å². The second-order valence-electron chi connectivity index (χ2n) is 3.48. The van der Waals surface area contributed by atoms with Crippen LogP contribution < -0.4 is 5.32 Å². The molecule has 17 heavy (non-hydrogen) atoms. The van der Waals surface area contributed by atoms with Gasteiger partial charge in [-0.25, -0.2) is 9.97 Å². The van der Waals surface area contributed by atoms with Gasteiger partial charge in [0.25, 0.3) is 0 Å². The summed E-state index contributed by atoms with van der Waals surface area (Å²) in [5.74, 6) is 0.828. The van der Waals surface area contributed by atoms with Gasteiger partial charge in [0.05, 0.1) is 13.2 Å². The molecule has 0 aromatic carbocycles. The molecule has 2 rings (SSSR count). The summed E-state index contributed by atoms with van der Waals surface area (Å²) in [5, 5.41) is 5.13. The minimum atomic E-state index is 0.655. The summed E-state index contributed by atoms with van der Waals surface area (Å²) in [4.78, 5) is 9.86. The van der Waals surface area contributed by atoms with Gasteiger partial charge in [-0.2, -0.15) is 4.37 Å². The third-order valence-corrected chi connectivity index (χ3v) is 3.68. The van der Waals surface area contributed by atoms with Crippen molar-refractivity contribution < 1.29 is 4.74 Å². The van der Waals surface area contributed by atoms with E-state index in [1.807, 2.05) is 6.20 Å². The van der Waals surface area contributed by atoms with Gasteiger partial charge < -0.3 is 10.1 Å². The largest absolute Gasteiger partial charge is 0.384 e. The Balaban J connectivity index is 1.84. The molecule has 0 unspecified atom stereocenters. The van der Waals surface area contributed by atoms with Crippen LogP contribution in [0.3, 0.4) is 0 Å². The van der Waals surface area contributed by atoms with Crippen molar-refractivity contribution in [1.82, 2.24) is 14.3 Å². The lowest BCUT2D eigenvalue weighted by molar-refractivity contribution is 0.201. The predicted molar refractivity (Wildman–Crippen MR) is 69.7 cm³/mol. The quantitative estimate of drug-likeness (QED) is 0.871. The molecule has 0 aliphatic heterocycles. The zero-order chi connectivity index (χ0) is 12.1. The van der Waals surface area contributed by atoms with Crippen molar-refractivity contribution in [3.63, 3.8) is 0 Å². The number of thiazole rings is 1. The highest BCUT2D eigenvalue weighted by molar-refractivity contribution is 7.11. The Bertz CT molecular complexity index is 468. The highest BCUT2D eigenvalue weighted by Gasteiger charge is 2.04. The third-order valence-electron chi connectivity index (χ3n) is 2.06. The lowest BCUT2D eigenvalue weighted by atomic mass is 10.4. The van der Waals surface area contributed by atoms with E-state index in [0.29, 0.717) is 13.2 Å². The van der Waals surface area contributed by atoms with Gasteiger partial charge in [0.15, 0.2) is 0 Å². The van der Waals surface area contributed by atoms with Gasteiger partial charge in [-0.1, -0.05) is 0 Å². The Morgan fingerprint density at radius 1 is 1.47 bits per heavy atom. The van der Waals surface area contributed by atoms with Crippen LogP contribution in [0.5, 0.6) is 0 Å². The Morgan fingerprint density at radius 2 is 2.35 bits per heavy atom. The molecule has 0 bridgehead atoms. The Labute approximate surface area is 108 Å². The first-order valence-corrected chi connectivity index (χ1v) is 6.83. The number of anilines is 1. The van der Waals surface area contributed by atoms with Crippen molar-refractivity contribution in [1.29, 1.82) is 0 Å². The second-order valence-corrected chi connectivity index (χ2v) is 5.55.